The van der Waals surface area contributed by atoms with Crippen LogP contribution in [0.25, 0.3) is 22.3 Å². The van der Waals surface area contributed by atoms with E-state index in [2.05, 4.69) is 43.3 Å². The Morgan fingerprint density at radius 3 is 2.00 bits per heavy atom. The van der Waals surface area contributed by atoms with Crippen LogP contribution in [0.1, 0.15) is 31.7 Å². The van der Waals surface area contributed by atoms with E-state index in [1.54, 1.807) is 6.07 Å². The molecule has 0 saturated heterocycles. The third-order valence-corrected chi connectivity index (χ3v) is 4.64. The van der Waals surface area contributed by atoms with Crippen molar-refractivity contribution in [1.29, 1.82) is 0 Å². The average molecular weight is 362 g/mol. The van der Waals surface area contributed by atoms with Crippen LogP contribution in [0.3, 0.4) is 0 Å². The fraction of sp³-hybridized carbons (Fsp3) is 0.200. The van der Waals surface area contributed by atoms with Crippen LogP contribution in [0.2, 0.25) is 0 Å². The van der Waals surface area contributed by atoms with Crippen LogP contribution < -0.4 is 0 Å². The lowest BCUT2D eigenvalue weighted by molar-refractivity contribution is 0.509. The Morgan fingerprint density at radius 1 is 0.704 bits per heavy atom. The third-order valence-electron chi connectivity index (χ3n) is 4.64. The van der Waals surface area contributed by atoms with Crippen LogP contribution in [0.15, 0.2) is 78.9 Å². The maximum Gasteiger partial charge on any atom is 0.159 e. The molecule has 0 aliphatic heterocycles. The number of benzene rings is 3. The summed E-state index contributed by atoms with van der Waals surface area (Å²) in [6.45, 7) is 2.18. The second-order valence-electron chi connectivity index (χ2n) is 6.67. The van der Waals surface area contributed by atoms with Gasteiger partial charge in [0.15, 0.2) is 11.6 Å². The monoisotopic (exact) mass is 362 g/mol. The van der Waals surface area contributed by atoms with Crippen LogP contribution >= 0.6 is 0 Å². The number of hydrogen-bond acceptors (Lipinski definition) is 0. The van der Waals surface area contributed by atoms with Crippen molar-refractivity contribution >= 4 is 0 Å². The van der Waals surface area contributed by atoms with Gasteiger partial charge in [-0.15, -0.1) is 0 Å². The summed E-state index contributed by atoms with van der Waals surface area (Å²) in [6.07, 6.45) is 8.88. The van der Waals surface area contributed by atoms with E-state index in [4.69, 9.17) is 0 Å². The van der Waals surface area contributed by atoms with Gasteiger partial charge < -0.3 is 0 Å². The number of hydrogen-bond donors (Lipinski definition) is 0. The van der Waals surface area contributed by atoms with Crippen LogP contribution in [0.5, 0.6) is 0 Å². The summed E-state index contributed by atoms with van der Waals surface area (Å²) < 4.78 is 26.9. The zero-order valence-electron chi connectivity index (χ0n) is 15.6. The van der Waals surface area contributed by atoms with Gasteiger partial charge >= 0.3 is 0 Å². The number of rotatable bonds is 7. The number of halogens is 2. The van der Waals surface area contributed by atoms with Gasteiger partial charge in [-0.2, -0.15) is 0 Å². The van der Waals surface area contributed by atoms with Crippen molar-refractivity contribution in [2.45, 2.75) is 32.6 Å². The summed E-state index contributed by atoms with van der Waals surface area (Å²) in [4.78, 5) is 0. The fourth-order valence-corrected chi connectivity index (χ4v) is 3.15. The minimum Gasteiger partial charge on any atom is -0.204 e. The zero-order chi connectivity index (χ0) is 19.1. The molecule has 0 fully saturated rings. The van der Waals surface area contributed by atoms with Crippen molar-refractivity contribution in [2.24, 2.45) is 0 Å². The Balaban J connectivity index is 1.81. The van der Waals surface area contributed by atoms with E-state index in [9.17, 15) is 8.78 Å². The predicted octanol–water partition coefficient (Wildman–Crippen LogP) is 7.59. The topological polar surface area (TPSA) is 0 Å². The molecule has 27 heavy (non-hydrogen) atoms. The van der Waals surface area contributed by atoms with Crippen LogP contribution in [-0.2, 0) is 6.42 Å². The van der Waals surface area contributed by atoms with Gasteiger partial charge in [-0.25, -0.2) is 8.78 Å². The molecule has 3 aromatic rings. The van der Waals surface area contributed by atoms with E-state index < -0.39 is 11.6 Å². The number of allylic oxidation sites excluding steroid dienone is 2. The lowest BCUT2D eigenvalue weighted by atomic mass is 9.93. The van der Waals surface area contributed by atoms with Crippen molar-refractivity contribution < 1.29 is 8.78 Å². The molecule has 0 aliphatic rings. The molecule has 138 valence electrons. The van der Waals surface area contributed by atoms with Crippen LogP contribution in [0.4, 0.5) is 8.78 Å². The Kier molecular flexibility index (Phi) is 6.54. The summed E-state index contributed by atoms with van der Waals surface area (Å²) in [7, 11) is 0. The van der Waals surface area contributed by atoms with Gasteiger partial charge in [-0.05, 0) is 59.2 Å². The van der Waals surface area contributed by atoms with Gasteiger partial charge in [-0.1, -0.05) is 80.1 Å². The molecule has 0 atom stereocenters. The molecule has 0 aromatic heterocycles. The highest BCUT2D eigenvalue weighted by Crippen LogP contribution is 2.32. The first kappa shape index (κ1) is 19.0. The van der Waals surface area contributed by atoms with Crippen LogP contribution in [-0.4, -0.2) is 0 Å². The van der Waals surface area contributed by atoms with Gasteiger partial charge in [-0.3, -0.25) is 0 Å². The highest BCUT2D eigenvalue weighted by atomic mass is 19.2. The minimum atomic E-state index is -0.825. The smallest absolute Gasteiger partial charge is 0.159 e. The number of unbranched alkanes of at least 4 members (excludes halogenated alkanes) is 1. The van der Waals surface area contributed by atoms with Gasteiger partial charge in [0.25, 0.3) is 0 Å². The van der Waals surface area contributed by atoms with Crippen LogP contribution in [0, 0.1) is 11.6 Å². The molecule has 0 nitrogen and oxygen atoms in total. The summed E-state index contributed by atoms with van der Waals surface area (Å²) >= 11 is 0. The zero-order valence-corrected chi connectivity index (χ0v) is 15.6. The first-order valence-corrected chi connectivity index (χ1v) is 9.48. The second-order valence-corrected chi connectivity index (χ2v) is 6.67. The summed E-state index contributed by atoms with van der Waals surface area (Å²) in [5.41, 5.74) is 4.95. The normalized spacial score (nSPS) is 11.2. The Morgan fingerprint density at radius 2 is 1.33 bits per heavy atom. The Labute approximate surface area is 160 Å². The van der Waals surface area contributed by atoms with E-state index in [1.807, 2.05) is 24.3 Å². The predicted molar refractivity (Wildman–Crippen MR) is 110 cm³/mol. The van der Waals surface area contributed by atoms with Gasteiger partial charge in [0, 0.05) is 0 Å². The summed E-state index contributed by atoms with van der Waals surface area (Å²) in [6, 6.07) is 20.4. The first-order valence-electron chi connectivity index (χ1n) is 9.48. The van der Waals surface area contributed by atoms with E-state index in [0.717, 1.165) is 36.0 Å². The summed E-state index contributed by atoms with van der Waals surface area (Å²) in [5.74, 6) is -1.65. The standard InChI is InChI=1S/C25H24F2/c1-2-3-4-5-6-9-19-12-14-20(15-13-19)22-10-7-8-11-23(22)21-16-17-24(26)25(27)18-21/h4-5,7-8,10-18H,2-3,6,9H2,1H3. The molecule has 0 heterocycles. The lowest BCUT2D eigenvalue weighted by Crippen LogP contribution is -1.89. The van der Waals surface area contributed by atoms with Crippen molar-refractivity contribution in [3.05, 3.63) is 96.1 Å². The Hall–Kier alpha value is -2.74. The molecular formula is C25H24F2. The Bertz CT molecular complexity index is 908. The molecule has 0 unspecified atom stereocenters. The van der Waals surface area contributed by atoms with Gasteiger partial charge in [0.1, 0.15) is 0 Å². The highest BCUT2D eigenvalue weighted by Gasteiger charge is 2.10. The van der Waals surface area contributed by atoms with E-state index in [1.165, 1.54) is 24.1 Å². The fourth-order valence-electron chi connectivity index (χ4n) is 3.15. The van der Waals surface area contributed by atoms with Crippen molar-refractivity contribution in [3.8, 4) is 22.3 Å². The third kappa shape index (κ3) is 4.91. The maximum atomic E-state index is 13.7. The molecule has 0 saturated carbocycles. The number of aryl methyl sites for hydroxylation is 1. The average Bonchev–Trinajstić information content (AvgIpc) is 2.70. The summed E-state index contributed by atoms with van der Waals surface area (Å²) in [5, 5.41) is 0. The van der Waals surface area contributed by atoms with Crippen molar-refractivity contribution in [2.75, 3.05) is 0 Å². The largest absolute Gasteiger partial charge is 0.204 e. The molecule has 3 aromatic carbocycles. The minimum absolute atomic E-state index is 0.676. The molecule has 0 bridgehead atoms. The molecule has 0 N–H and O–H groups in total. The molecule has 0 aliphatic carbocycles. The maximum absolute atomic E-state index is 13.7. The van der Waals surface area contributed by atoms with Gasteiger partial charge in [0.05, 0.1) is 0 Å². The molecule has 0 spiro atoms. The molecule has 0 amide bonds. The lowest BCUT2D eigenvalue weighted by Gasteiger charge is -2.11. The van der Waals surface area contributed by atoms with Crippen molar-refractivity contribution in [3.63, 3.8) is 0 Å². The molecule has 2 heteroatoms. The molecular weight excluding hydrogens is 338 g/mol. The molecule has 0 radical (unpaired) electrons. The second kappa shape index (κ2) is 9.27. The highest BCUT2D eigenvalue weighted by molar-refractivity contribution is 5.83. The molecule has 3 rings (SSSR count). The van der Waals surface area contributed by atoms with E-state index in [-0.39, 0.29) is 0 Å². The van der Waals surface area contributed by atoms with E-state index in [0.29, 0.717) is 5.56 Å². The van der Waals surface area contributed by atoms with E-state index >= 15 is 0 Å². The van der Waals surface area contributed by atoms with Crippen molar-refractivity contribution in [1.82, 2.24) is 0 Å². The first-order chi connectivity index (χ1) is 13.2. The quantitative estimate of drug-likeness (QED) is 0.380. The van der Waals surface area contributed by atoms with Gasteiger partial charge in [0.2, 0.25) is 0 Å². The SMILES string of the molecule is CCCC=CCCc1ccc(-c2ccccc2-c2ccc(F)c(F)c2)cc1.